The second-order valence-corrected chi connectivity index (χ2v) is 12.6. The molecule has 0 radical (unpaired) electrons. The van der Waals surface area contributed by atoms with Crippen molar-refractivity contribution in [2.24, 2.45) is 13.0 Å². The lowest BCUT2D eigenvalue weighted by Gasteiger charge is -2.38. The van der Waals surface area contributed by atoms with E-state index in [1.807, 2.05) is 6.92 Å². The van der Waals surface area contributed by atoms with E-state index in [4.69, 9.17) is 14.2 Å². The first-order chi connectivity index (χ1) is 20.5. The van der Waals surface area contributed by atoms with Crippen LogP contribution >= 0.6 is 0 Å². The Morgan fingerprint density at radius 2 is 1.98 bits per heavy atom. The number of urea groups is 1. The van der Waals surface area contributed by atoms with Gasteiger partial charge in [0.05, 0.1) is 36.8 Å². The third-order valence-corrected chi connectivity index (χ3v) is 9.07. The van der Waals surface area contributed by atoms with Gasteiger partial charge >= 0.3 is 6.03 Å². The number of nitrogens with one attached hydrogen (secondary N) is 2. The molecule has 230 valence electrons. The standard InChI is InChI=1S/C28H34N6O8S/c1-17-11-34(18(2)14-35)27(36)20-6-5-7-21(31-28(37)30-19-8-9-22-23(10-19)41-16-40-22)26(20)42-24(17)12-33(4)43(38,39)25-13-32(3)15-29-25/h5-10,13,15,17-18,24,35H,11-12,14,16H2,1-4H3,(H2,30,31,37)/t17-,18-,24-/m0/s1. The molecule has 0 aliphatic carbocycles. The summed E-state index contributed by atoms with van der Waals surface area (Å²) in [4.78, 5) is 32.3. The Kier molecular flexibility index (Phi) is 8.48. The Bertz CT molecular complexity index is 1630. The largest absolute Gasteiger partial charge is 0.486 e. The number of aliphatic hydroxyl groups excluding tert-OH is 1. The van der Waals surface area contributed by atoms with Crippen molar-refractivity contribution in [2.45, 2.75) is 31.0 Å². The third-order valence-electron chi connectivity index (χ3n) is 7.36. The van der Waals surface area contributed by atoms with Gasteiger partial charge in [0.2, 0.25) is 6.79 Å². The van der Waals surface area contributed by atoms with Crippen LogP contribution in [-0.2, 0) is 17.1 Å². The summed E-state index contributed by atoms with van der Waals surface area (Å²) in [6.07, 6.45) is 2.06. The summed E-state index contributed by atoms with van der Waals surface area (Å²) < 4.78 is 46.3. The van der Waals surface area contributed by atoms with Gasteiger partial charge in [0.25, 0.3) is 15.9 Å². The summed E-state index contributed by atoms with van der Waals surface area (Å²) in [5.41, 5.74) is 0.816. The molecule has 0 spiro atoms. The molecule has 2 aliphatic heterocycles. The number of carbonyl (C=O) groups excluding carboxylic acids is 2. The minimum absolute atomic E-state index is 0.0766. The molecule has 43 heavy (non-hydrogen) atoms. The van der Waals surface area contributed by atoms with Crippen LogP contribution in [0.5, 0.6) is 17.2 Å². The number of imidazole rings is 1. The molecule has 1 aromatic heterocycles. The first kappa shape index (κ1) is 30.1. The number of aryl methyl sites for hydroxylation is 1. The zero-order valence-corrected chi connectivity index (χ0v) is 25.0. The molecule has 0 saturated carbocycles. The molecule has 5 rings (SSSR count). The highest BCUT2D eigenvalue weighted by Crippen LogP contribution is 2.36. The first-order valence-electron chi connectivity index (χ1n) is 13.6. The Hall–Kier alpha value is -4.34. The Labute approximate surface area is 249 Å². The van der Waals surface area contributed by atoms with Crippen LogP contribution in [0.1, 0.15) is 24.2 Å². The lowest BCUT2D eigenvalue weighted by molar-refractivity contribution is 0.0389. The zero-order chi connectivity index (χ0) is 30.9. The van der Waals surface area contributed by atoms with Crippen LogP contribution in [0.2, 0.25) is 0 Å². The van der Waals surface area contributed by atoms with E-state index in [1.54, 1.807) is 50.4 Å². The summed E-state index contributed by atoms with van der Waals surface area (Å²) >= 11 is 0. The summed E-state index contributed by atoms with van der Waals surface area (Å²) in [5.74, 6) is 0.387. The number of hydrogen-bond donors (Lipinski definition) is 3. The molecule has 3 atom stereocenters. The highest BCUT2D eigenvalue weighted by molar-refractivity contribution is 7.89. The third kappa shape index (κ3) is 6.23. The molecular weight excluding hydrogens is 580 g/mol. The Morgan fingerprint density at radius 3 is 2.70 bits per heavy atom. The van der Waals surface area contributed by atoms with Crippen LogP contribution in [-0.4, -0.2) is 89.9 Å². The van der Waals surface area contributed by atoms with E-state index < -0.39 is 34.1 Å². The average molecular weight is 615 g/mol. The van der Waals surface area contributed by atoms with Gasteiger partial charge in [-0.05, 0) is 31.2 Å². The number of fused-ring (bicyclic) bond motifs is 2. The smallest absolute Gasteiger partial charge is 0.323 e. The fourth-order valence-electron chi connectivity index (χ4n) is 4.85. The SMILES string of the molecule is C[C@H]1CN([C@@H](C)CO)C(=O)c2cccc(NC(=O)Nc3ccc4c(c3)OCO4)c2O[C@H]1CN(C)S(=O)(=O)c1cn(C)cn1. The lowest BCUT2D eigenvalue weighted by atomic mass is 9.99. The molecule has 3 aromatic rings. The molecule has 0 bridgehead atoms. The number of benzene rings is 2. The van der Waals surface area contributed by atoms with Crippen LogP contribution in [0.4, 0.5) is 16.2 Å². The normalized spacial score (nSPS) is 18.8. The average Bonchev–Trinajstić information content (AvgIpc) is 3.63. The van der Waals surface area contributed by atoms with Gasteiger partial charge in [-0.1, -0.05) is 13.0 Å². The predicted molar refractivity (Wildman–Crippen MR) is 156 cm³/mol. The maximum Gasteiger partial charge on any atom is 0.323 e. The van der Waals surface area contributed by atoms with Crippen molar-refractivity contribution < 1.29 is 37.3 Å². The lowest BCUT2D eigenvalue weighted by Crippen LogP contribution is -2.50. The number of carbonyl (C=O) groups is 2. The van der Waals surface area contributed by atoms with Crippen molar-refractivity contribution in [3.8, 4) is 17.2 Å². The summed E-state index contributed by atoms with van der Waals surface area (Å²) in [7, 11) is -0.844. The number of para-hydroxylation sites is 1. The van der Waals surface area contributed by atoms with Crippen molar-refractivity contribution in [1.29, 1.82) is 0 Å². The molecule has 2 aromatic carbocycles. The molecule has 0 saturated heterocycles. The second-order valence-electron chi connectivity index (χ2n) is 10.6. The quantitative estimate of drug-likeness (QED) is 0.345. The minimum atomic E-state index is -3.95. The van der Waals surface area contributed by atoms with Crippen LogP contribution in [0.25, 0.3) is 0 Å². The van der Waals surface area contributed by atoms with E-state index in [0.717, 1.165) is 4.31 Å². The zero-order valence-electron chi connectivity index (χ0n) is 24.2. The monoisotopic (exact) mass is 614 g/mol. The molecule has 0 unspecified atom stereocenters. The summed E-state index contributed by atoms with van der Waals surface area (Å²) in [5, 5.41) is 15.3. The minimum Gasteiger partial charge on any atom is -0.486 e. The number of amides is 3. The van der Waals surface area contributed by atoms with Crippen molar-refractivity contribution in [1.82, 2.24) is 18.8 Å². The number of aliphatic hydroxyl groups is 1. The fraction of sp³-hybridized carbons (Fsp3) is 0.393. The van der Waals surface area contributed by atoms with Gasteiger partial charge in [0, 0.05) is 44.5 Å². The van der Waals surface area contributed by atoms with Gasteiger partial charge in [-0.2, -0.15) is 4.31 Å². The highest BCUT2D eigenvalue weighted by atomic mass is 32.2. The fourth-order valence-corrected chi connectivity index (χ4v) is 5.99. The maximum atomic E-state index is 13.7. The van der Waals surface area contributed by atoms with Crippen LogP contribution < -0.4 is 24.8 Å². The van der Waals surface area contributed by atoms with Gasteiger partial charge in [-0.15, -0.1) is 0 Å². The van der Waals surface area contributed by atoms with Gasteiger partial charge in [0.1, 0.15) is 6.10 Å². The summed E-state index contributed by atoms with van der Waals surface area (Å²) in [6.45, 7) is 3.50. The maximum absolute atomic E-state index is 13.7. The van der Waals surface area contributed by atoms with Crippen LogP contribution in [0, 0.1) is 5.92 Å². The van der Waals surface area contributed by atoms with Crippen molar-refractivity contribution in [2.75, 3.05) is 44.2 Å². The van der Waals surface area contributed by atoms with Crippen LogP contribution in [0.15, 0.2) is 53.9 Å². The number of likely N-dealkylation sites (N-methyl/N-ethyl adjacent to an activating group) is 1. The molecule has 3 amide bonds. The molecule has 0 fully saturated rings. The second kappa shape index (κ2) is 12.1. The van der Waals surface area contributed by atoms with E-state index in [0.29, 0.717) is 17.2 Å². The first-order valence-corrected chi connectivity index (χ1v) is 15.1. The number of sulfonamides is 1. The molecule has 2 aliphatic rings. The van der Waals surface area contributed by atoms with E-state index in [1.165, 1.54) is 29.0 Å². The predicted octanol–water partition coefficient (Wildman–Crippen LogP) is 2.33. The van der Waals surface area contributed by atoms with E-state index >= 15 is 0 Å². The van der Waals surface area contributed by atoms with Gasteiger partial charge in [0.15, 0.2) is 22.3 Å². The van der Waals surface area contributed by atoms with Crippen molar-refractivity contribution in [3.63, 3.8) is 0 Å². The molecule has 14 nitrogen and oxygen atoms in total. The number of anilines is 2. The van der Waals surface area contributed by atoms with Gasteiger partial charge in [-0.3, -0.25) is 4.79 Å². The summed E-state index contributed by atoms with van der Waals surface area (Å²) in [6, 6.07) is 8.59. The molecule has 15 heteroatoms. The Morgan fingerprint density at radius 1 is 1.21 bits per heavy atom. The number of aromatic nitrogens is 2. The Balaban J connectivity index is 1.45. The van der Waals surface area contributed by atoms with E-state index in [2.05, 4.69) is 15.6 Å². The number of rotatable bonds is 8. The highest BCUT2D eigenvalue weighted by Gasteiger charge is 2.36. The van der Waals surface area contributed by atoms with Crippen LogP contribution in [0.3, 0.4) is 0 Å². The van der Waals surface area contributed by atoms with E-state index in [-0.39, 0.29) is 54.4 Å². The number of ether oxygens (including phenoxy) is 3. The van der Waals surface area contributed by atoms with E-state index in [9.17, 15) is 23.1 Å². The van der Waals surface area contributed by atoms with Gasteiger partial charge in [-0.25, -0.2) is 18.2 Å². The molecule has 3 N–H and O–H groups in total. The van der Waals surface area contributed by atoms with Gasteiger partial charge < -0.3 is 39.4 Å². The van der Waals surface area contributed by atoms with Crippen molar-refractivity contribution >= 4 is 33.3 Å². The molecular formula is C28H34N6O8S. The number of hydrogen-bond acceptors (Lipinski definition) is 9. The van der Waals surface area contributed by atoms with Crippen molar-refractivity contribution in [3.05, 3.63) is 54.5 Å². The molecule has 3 heterocycles. The topological polar surface area (TPSA) is 165 Å². The number of nitrogens with zero attached hydrogens (tertiary/aromatic N) is 4.